The van der Waals surface area contributed by atoms with Gasteiger partial charge in [0, 0.05) is 26.7 Å². The number of benzene rings is 2. The van der Waals surface area contributed by atoms with Crippen molar-refractivity contribution in [3.8, 4) is 0 Å². The number of methoxy groups -OCH3 is 1. The number of carbonyl (C=O) groups is 1. The van der Waals surface area contributed by atoms with E-state index in [1.165, 1.54) is 11.1 Å². The van der Waals surface area contributed by atoms with Crippen LogP contribution in [-0.4, -0.2) is 37.6 Å². The number of nitrogens with one attached hydrogen (secondary N) is 1. The lowest BCUT2D eigenvalue weighted by atomic mass is 10.1. The largest absolute Gasteiger partial charge is 0.383 e. The van der Waals surface area contributed by atoms with Crippen LogP contribution in [0.15, 0.2) is 60.7 Å². The van der Waals surface area contributed by atoms with Gasteiger partial charge in [0.15, 0.2) is 0 Å². The Labute approximate surface area is 138 Å². The quantitative estimate of drug-likeness (QED) is 0.723. The molecule has 0 fully saturated rings. The molecular weight excluding hydrogens is 288 g/mol. The first-order valence-corrected chi connectivity index (χ1v) is 7.84. The molecule has 2 rings (SSSR count). The van der Waals surface area contributed by atoms with Gasteiger partial charge in [0.2, 0.25) is 5.91 Å². The third-order valence-electron chi connectivity index (χ3n) is 3.49. The van der Waals surface area contributed by atoms with E-state index in [2.05, 4.69) is 34.5 Å². The van der Waals surface area contributed by atoms with Gasteiger partial charge in [-0.25, -0.2) is 0 Å². The molecule has 4 heteroatoms. The molecule has 0 atom stereocenters. The van der Waals surface area contributed by atoms with E-state index in [0.29, 0.717) is 19.7 Å². The van der Waals surface area contributed by atoms with Gasteiger partial charge >= 0.3 is 0 Å². The van der Waals surface area contributed by atoms with Gasteiger partial charge in [0.1, 0.15) is 0 Å². The number of carbonyl (C=O) groups excluding carboxylic acids is 1. The highest BCUT2D eigenvalue weighted by Crippen LogP contribution is 2.09. The van der Waals surface area contributed by atoms with E-state index in [4.69, 9.17) is 4.74 Å². The normalized spacial score (nSPS) is 10.7. The molecule has 0 aliphatic carbocycles. The number of hydrogen-bond donors (Lipinski definition) is 1. The third-order valence-corrected chi connectivity index (χ3v) is 3.49. The monoisotopic (exact) mass is 312 g/mol. The maximum atomic E-state index is 12.1. The van der Waals surface area contributed by atoms with Crippen LogP contribution in [-0.2, 0) is 22.6 Å². The SMILES string of the molecule is COCCNC(=O)CN(Cc1ccccc1)Cc1ccccc1. The molecule has 0 aliphatic rings. The molecule has 0 unspecified atom stereocenters. The average Bonchev–Trinajstić information content (AvgIpc) is 2.57. The summed E-state index contributed by atoms with van der Waals surface area (Å²) in [6, 6.07) is 20.4. The average molecular weight is 312 g/mol. The molecular formula is C19H24N2O2. The molecule has 0 saturated carbocycles. The van der Waals surface area contributed by atoms with E-state index in [-0.39, 0.29) is 5.91 Å². The zero-order valence-corrected chi connectivity index (χ0v) is 13.6. The van der Waals surface area contributed by atoms with Crippen molar-refractivity contribution in [2.75, 3.05) is 26.8 Å². The maximum absolute atomic E-state index is 12.1. The zero-order valence-electron chi connectivity index (χ0n) is 13.6. The summed E-state index contributed by atoms with van der Waals surface area (Å²) in [5.41, 5.74) is 2.40. The minimum atomic E-state index is 0.0221. The van der Waals surface area contributed by atoms with Crippen LogP contribution in [0.1, 0.15) is 11.1 Å². The van der Waals surface area contributed by atoms with Crippen LogP contribution in [0.4, 0.5) is 0 Å². The highest BCUT2D eigenvalue weighted by atomic mass is 16.5. The first-order valence-electron chi connectivity index (χ1n) is 7.84. The van der Waals surface area contributed by atoms with Crippen LogP contribution < -0.4 is 5.32 Å². The van der Waals surface area contributed by atoms with Gasteiger partial charge in [0.05, 0.1) is 13.2 Å². The molecule has 1 amide bonds. The molecule has 0 aromatic heterocycles. The lowest BCUT2D eigenvalue weighted by Gasteiger charge is -2.22. The standard InChI is InChI=1S/C19H24N2O2/c1-23-13-12-20-19(22)16-21(14-17-8-4-2-5-9-17)15-18-10-6-3-7-11-18/h2-11H,12-16H2,1H3,(H,20,22). The summed E-state index contributed by atoms with van der Waals surface area (Å²) in [6.07, 6.45) is 0. The third kappa shape index (κ3) is 6.63. The summed E-state index contributed by atoms with van der Waals surface area (Å²) in [7, 11) is 1.63. The van der Waals surface area contributed by atoms with Crippen LogP contribution in [0.5, 0.6) is 0 Å². The minimum absolute atomic E-state index is 0.0221. The van der Waals surface area contributed by atoms with Crippen LogP contribution in [0, 0.1) is 0 Å². The zero-order chi connectivity index (χ0) is 16.3. The highest BCUT2D eigenvalue weighted by Gasteiger charge is 2.11. The van der Waals surface area contributed by atoms with Crippen LogP contribution in [0.2, 0.25) is 0 Å². The fraction of sp³-hybridized carbons (Fsp3) is 0.316. The Hall–Kier alpha value is -2.17. The molecule has 1 N–H and O–H groups in total. The molecule has 23 heavy (non-hydrogen) atoms. The summed E-state index contributed by atoms with van der Waals surface area (Å²) in [5.74, 6) is 0.0221. The lowest BCUT2D eigenvalue weighted by Crippen LogP contribution is -2.37. The Morgan fingerprint density at radius 3 is 1.96 bits per heavy atom. The number of nitrogens with zero attached hydrogens (tertiary/aromatic N) is 1. The second-order valence-corrected chi connectivity index (χ2v) is 5.46. The van der Waals surface area contributed by atoms with Gasteiger partial charge in [-0.2, -0.15) is 0 Å². The van der Waals surface area contributed by atoms with E-state index in [0.717, 1.165) is 13.1 Å². The molecule has 2 aromatic carbocycles. The van der Waals surface area contributed by atoms with Crippen molar-refractivity contribution < 1.29 is 9.53 Å². The van der Waals surface area contributed by atoms with E-state index in [9.17, 15) is 4.79 Å². The predicted molar refractivity (Wildman–Crippen MR) is 91.9 cm³/mol. The second kappa shape index (κ2) is 9.77. The topological polar surface area (TPSA) is 41.6 Å². The first kappa shape index (κ1) is 17.2. The number of ether oxygens (including phenoxy) is 1. The lowest BCUT2D eigenvalue weighted by molar-refractivity contribution is -0.122. The molecule has 0 spiro atoms. The number of rotatable bonds is 9. The molecule has 0 saturated heterocycles. The van der Waals surface area contributed by atoms with Crippen LogP contribution in [0.25, 0.3) is 0 Å². The molecule has 4 nitrogen and oxygen atoms in total. The summed E-state index contributed by atoms with van der Waals surface area (Å²) in [5, 5.41) is 2.88. The van der Waals surface area contributed by atoms with Gasteiger partial charge < -0.3 is 10.1 Å². The smallest absolute Gasteiger partial charge is 0.234 e. The van der Waals surface area contributed by atoms with E-state index >= 15 is 0 Å². The Balaban J connectivity index is 1.97. The van der Waals surface area contributed by atoms with Crippen molar-refractivity contribution in [3.05, 3.63) is 71.8 Å². The number of amides is 1. The molecule has 0 aliphatic heterocycles. The second-order valence-electron chi connectivity index (χ2n) is 5.46. The van der Waals surface area contributed by atoms with Crippen molar-refractivity contribution in [1.29, 1.82) is 0 Å². The van der Waals surface area contributed by atoms with E-state index in [1.807, 2.05) is 36.4 Å². The maximum Gasteiger partial charge on any atom is 0.234 e. The van der Waals surface area contributed by atoms with Gasteiger partial charge in [-0.3, -0.25) is 9.69 Å². The Bertz CT molecular complexity index is 531. The van der Waals surface area contributed by atoms with Crippen LogP contribution in [0.3, 0.4) is 0 Å². The summed E-state index contributed by atoms with van der Waals surface area (Å²) in [6.45, 7) is 2.93. The Morgan fingerprint density at radius 2 is 1.48 bits per heavy atom. The minimum Gasteiger partial charge on any atom is -0.383 e. The fourth-order valence-corrected chi connectivity index (χ4v) is 2.40. The Morgan fingerprint density at radius 1 is 0.957 bits per heavy atom. The first-order chi connectivity index (χ1) is 11.3. The number of hydrogen-bond acceptors (Lipinski definition) is 3. The summed E-state index contributed by atoms with van der Waals surface area (Å²) in [4.78, 5) is 14.2. The van der Waals surface area contributed by atoms with Crippen molar-refractivity contribution in [2.24, 2.45) is 0 Å². The molecule has 0 radical (unpaired) electrons. The Kier molecular flexibility index (Phi) is 7.30. The van der Waals surface area contributed by atoms with Crippen molar-refractivity contribution in [3.63, 3.8) is 0 Å². The fourth-order valence-electron chi connectivity index (χ4n) is 2.40. The molecule has 2 aromatic rings. The highest BCUT2D eigenvalue weighted by molar-refractivity contribution is 5.78. The summed E-state index contributed by atoms with van der Waals surface area (Å²) >= 11 is 0. The molecule has 0 heterocycles. The van der Waals surface area contributed by atoms with Gasteiger partial charge in [-0.1, -0.05) is 60.7 Å². The van der Waals surface area contributed by atoms with E-state index in [1.54, 1.807) is 7.11 Å². The van der Waals surface area contributed by atoms with Crippen LogP contribution >= 0.6 is 0 Å². The molecule has 0 bridgehead atoms. The van der Waals surface area contributed by atoms with Gasteiger partial charge in [-0.05, 0) is 11.1 Å². The van der Waals surface area contributed by atoms with Crippen molar-refractivity contribution in [1.82, 2.24) is 10.2 Å². The van der Waals surface area contributed by atoms with Crippen molar-refractivity contribution in [2.45, 2.75) is 13.1 Å². The predicted octanol–water partition coefficient (Wildman–Crippen LogP) is 2.45. The van der Waals surface area contributed by atoms with E-state index < -0.39 is 0 Å². The van der Waals surface area contributed by atoms with Crippen molar-refractivity contribution >= 4 is 5.91 Å². The summed E-state index contributed by atoms with van der Waals surface area (Å²) < 4.78 is 4.96. The molecule has 122 valence electrons. The van der Waals surface area contributed by atoms with Gasteiger partial charge in [-0.15, -0.1) is 0 Å². The van der Waals surface area contributed by atoms with Gasteiger partial charge in [0.25, 0.3) is 0 Å².